The lowest BCUT2D eigenvalue weighted by Crippen LogP contribution is -2.07. The molecular formula is C10H12O4S. The van der Waals surface area contributed by atoms with Crippen molar-refractivity contribution in [1.29, 1.82) is 0 Å². The minimum Gasteiger partial charge on any atom is -0.388 e. The van der Waals surface area contributed by atoms with E-state index in [-0.39, 0.29) is 10.5 Å². The Morgan fingerprint density at radius 3 is 2.40 bits per heavy atom. The van der Waals surface area contributed by atoms with Crippen molar-refractivity contribution in [2.75, 3.05) is 12.9 Å². The van der Waals surface area contributed by atoms with Gasteiger partial charge in [-0.1, -0.05) is 0 Å². The van der Waals surface area contributed by atoms with E-state index in [4.69, 9.17) is 5.11 Å². The quantitative estimate of drug-likeness (QED) is 0.768. The van der Waals surface area contributed by atoms with Gasteiger partial charge in [0, 0.05) is 11.8 Å². The fourth-order valence-electron chi connectivity index (χ4n) is 1.21. The number of Topliss-reactive ketones (excluding diaryl/α,β-unsaturated/α-hetero) is 1. The number of aliphatic hydroxyl groups excluding tert-OH is 1. The van der Waals surface area contributed by atoms with Gasteiger partial charge in [-0.3, -0.25) is 4.79 Å². The van der Waals surface area contributed by atoms with E-state index in [0.29, 0.717) is 5.56 Å². The van der Waals surface area contributed by atoms with E-state index in [9.17, 15) is 13.2 Å². The molecule has 4 nitrogen and oxygen atoms in total. The van der Waals surface area contributed by atoms with Crippen molar-refractivity contribution in [3.8, 4) is 0 Å². The van der Waals surface area contributed by atoms with Gasteiger partial charge in [-0.05, 0) is 30.7 Å². The molecular weight excluding hydrogens is 216 g/mol. The minimum atomic E-state index is -3.32. The van der Waals surface area contributed by atoms with Gasteiger partial charge < -0.3 is 5.11 Å². The highest BCUT2D eigenvalue weighted by Gasteiger charge is 2.12. The summed E-state index contributed by atoms with van der Waals surface area (Å²) in [6.45, 7) is 1.08. The molecule has 0 spiro atoms. The second kappa shape index (κ2) is 4.12. The maximum Gasteiger partial charge on any atom is 0.188 e. The van der Waals surface area contributed by atoms with E-state index in [2.05, 4.69) is 0 Å². The second-order valence-corrected chi connectivity index (χ2v) is 5.40. The number of carbonyl (C=O) groups is 1. The van der Waals surface area contributed by atoms with Crippen molar-refractivity contribution in [2.45, 2.75) is 11.8 Å². The summed E-state index contributed by atoms with van der Waals surface area (Å²) in [5.41, 5.74) is 0.896. The third-order valence-electron chi connectivity index (χ3n) is 1.94. The third-order valence-corrected chi connectivity index (χ3v) is 3.04. The fraction of sp³-hybridized carbons (Fsp3) is 0.300. The first-order valence-electron chi connectivity index (χ1n) is 4.30. The number of carbonyl (C=O) groups excluding carboxylic acids is 1. The maximum atomic E-state index is 11.3. The van der Waals surface area contributed by atoms with Gasteiger partial charge >= 0.3 is 0 Å². The Hall–Kier alpha value is -1.20. The largest absolute Gasteiger partial charge is 0.388 e. The van der Waals surface area contributed by atoms with Gasteiger partial charge in [0.1, 0.15) is 6.61 Å². The molecule has 0 aliphatic carbocycles. The molecule has 0 amide bonds. The van der Waals surface area contributed by atoms with E-state index >= 15 is 0 Å². The number of hydrogen-bond acceptors (Lipinski definition) is 4. The van der Waals surface area contributed by atoms with E-state index in [1.165, 1.54) is 12.1 Å². The van der Waals surface area contributed by atoms with Crippen molar-refractivity contribution in [2.24, 2.45) is 0 Å². The zero-order chi connectivity index (χ0) is 11.6. The molecule has 0 aliphatic rings. The second-order valence-electron chi connectivity index (χ2n) is 3.39. The highest BCUT2D eigenvalue weighted by Crippen LogP contribution is 2.15. The number of sulfone groups is 1. The Morgan fingerprint density at radius 1 is 1.33 bits per heavy atom. The molecule has 0 radical (unpaired) electrons. The highest BCUT2D eigenvalue weighted by molar-refractivity contribution is 7.90. The van der Waals surface area contributed by atoms with Crippen LogP contribution in [0.25, 0.3) is 0 Å². The summed E-state index contributed by atoms with van der Waals surface area (Å²) in [7, 11) is -3.32. The van der Waals surface area contributed by atoms with E-state index < -0.39 is 22.2 Å². The molecule has 0 unspecified atom stereocenters. The molecule has 1 rings (SSSR count). The third kappa shape index (κ3) is 2.87. The summed E-state index contributed by atoms with van der Waals surface area (Å²) in [6, 6.07) is 4.32. The molecule has 0 fully saturated rings. The van der Waals surface area contributed by atoms with Crippen LogP contribution in [0.1, 0.15) is 15.9 Å². The van der Waals surface area contributed by atoms with Gasteiger partial charge in [0.05, 0.1) is 4.90 Å². The summed E-state index contributed by atoms with van der Waals surface area (Å²) >= 11 is 0. The van der Waals surface area contributed by atoms with E-state index in [1.54, 1.807) is 13.0 Å². The Labute approximate surface area is 88.5 Å². The van der Waals surface area contributed by atoms with Crippen LogP contribution < -0.4 is 0 Å². The van der Waals surface area contributed by atoms with E-state index in [0.717, 1.165) is 6.26 Å². The van der Waals surface area contributed by atoms with Crippen LogP contribution in [-0.2, 0) is 9.84 Å². The van der Waals surface area contributed by atoms with Crippen LogP contribution in [-0.4, -0.2) is 32.2 Å². The predicted molar refractivity (Wildman–Crippen MR) is 55.7 cm³/mol. The molecule has 82 valence electrons. The van der Waals surface area contributed by atoms with Gasteiger partial charge in [0.2, 0.25) is 0 Å². The predicted octanol–water partition coefficient (Wildman–Crippen LogP) is 0.574. The summed E-state index contributed by atoms with van der Waals surface area (Å²) in [5, 5.41) is 8.67. The van der Waals surface area contributed by atoms with Crippen LogP contribution in [0.4, 0.5) is 0 Å². The number of benzene rings is 1. The molecule has 0 saturated heterocycles. The van der Waals surface area contributed by atoms with Crippen LogP contribution in [0.2, 0.25) is 0 Å². The van der Waals surface area contributed by atoms with Crippen LogP contribution in [0.15, 0.2) is 23.1 Å². The molecule has 1 aromatic rings. The molecule has 5 heteroatoms. The number of aliphatic hydroxyl groups is 1. The molecule has 0 aromatic heterocycles. The van der Waals surface area contributed by atoms with Gasteiger partial charge in [-0.2, -0.15) is 0 Å². The van der Waals surface area contributed by atoms with Crippen LogP contribution in [0.3, 0.4) is 0 Å². The zero-order valence-corrected chi connectivity index (χ0v) is 9.34. The maximum absolute atomic E-state index is 11.3. The molecule has 0 heterocycles. The Kier molecular flexibility index (Phi) is 3.26. The van der Waals surface area contributed by atoms with Gasteiger partial charge in [-0.15, -0.1) is 0 Å². The monoisotopic (exact) mass is 228 g/mol. The lowest BCUT2D eigenvalue weighted by molar-refractivity contribution is 0.0903. The lowest BCUT2D eigenvalue weighted by Gasteiger charge is -2.04. The Balaban J connectivity index is 3.35. The molecule has 15 heavy (non-hydrogen) atoms. The first-order valence-corrected chi connectivity index (χ1v) is 6.19. The van der Waals surface area contributed by atoms with Crippen molar-refractivity contribution >= 4 is 15.6 Å². The van der Waals surface area contributed by atoms with Crippen LogP contribution in [0.5, 0.6) is 0 Å². The molecule has 0 bridgehead atoms. The average Bonchev–Trinajstić information content (AvgIpc) is 2.14. The van der Waals surface area contributed by atoms with Crippen molar-refractivity contribution in [3.63, 3.8) is 0 Å². The minimum absolute atomic E-state index is 0.0966. The van der Waals surface area contributed by atoms with Crippen molar-refractivity contribution in [3.05, 3.63) is 29.3 Å². The SMILES string of the molecule is Cc1cc(C(=O)CO)cc(S(C)(=O)=O)c1. The molecule has 1 aromatic carbocycles. The first-order chi connectivity index (χ1) is 6.84. The molecule has 1 N–H and O–H groups in total. The number of aryl methyl sites for hydroxylation is 1. The summed E-state index contributed by atoms with van der Waals surface area (Å²) < 4.78 is 22.5. The van der Waals surface area contributed by atoms with Gasteiger partial charge in [0.15, 0.2) is 15.6 Å². The standard InChI is InChI=1S/C10H12O4S/c1-7-3-8(10(12)6-11)5-9(4-7)15(2,13)14/h3-5,11H,6H2,1-2H3. The summed E-state index contributed by atoms with van der Waals surface area (Å²) in [6.07, 6.45) is 1.08. The van der Waals surface area contributed by atoms with Crippen LogP contribution >= 0.6 is 0 Å². The summed E-state index contributed by atoms with van der Waals surface area (Å²) in [5.74, 6) is -0.483. The van der Waals surface area contributed by atoms with Gasteiger partial charge in [0.25, 0.3) is 0 Å². The average molecular weight is 228 g/mol. The summed E-state index contributed by atoms with van der Waals surface area (Å²) in [4.78, 5) is 11.3. The topological polar surface area (TPSA) is 71.4 Å². The highest BCUT2D eigenvalue weighted by atomic mass is 32.2. The number of rotatable bonds is 3. The molecule has 0 saturated carbocycles. The first kappa shape index (κ1) is 11.9. The lowest BCUT2D eigenvalue weighted by atomic mass is 10.1. The normalized spacial score (nSPS) is 11.4. The zero-order valence-electron chi connectivity index (χ0n) is 8.52. The van der Waals surface area contributed by atoms with Crippen LogP contribution in [0, 0.1) is 6.92 Å². The fourth-order valence-corrected chi connectivity index (χ4v) is 1.96. The number of hydrogen-bond donors (Lipinski definition) is 1. The van der Waals surface area contributed by atoms with Crippen molar-refractivity contribution in [1.82, 2.24) is 0 Å². The van der Waals surface area contributed by atoms with E-state index in [1.807, 2.05) is 0 Å². The van der Waals surface area contributed by atoms with Crippen molar-refractivity contribution < 1.29 is 18.3 Å². The molecule has 0 aliphatic heterocycles. The Bertz CT molecular complexity index is 488. The van der Waals surface area contributed by atoms with Gasteiger partial charge in [-0.25, -0.2) is 8.42 Å². The number of ketones is 1. The smallest absolute Gasteiger partial charge is 0.188 e. The Morgan fingerprint density at radius 2 is 1.93 bits per heavy atom. The molecule has 0 atom stereocenters.